The largest absolute Gasteiger partial charge is 0.457 e. The highest BCUT2D eigenvalue weighted by Crippen LogP contribution is 2.56. The SMILES string of the molecule is [2H]c1c([2H])c([2H])c(-c2cccc(-c3c([2H])c([2H])c([2H])c([2H])c3[2H])c2N2C(=O)N(c3cccc(Oc4ccc5c6ccccc6n(-c6cc(C(C)(C)C)ccn6)c5c4)c3)C3C4CCC(C4)C32)c([2H])c1[2H]. The molecule has 0 spiro atoms. The Balaban J connectivity index is 1.05. The summed E-state index contributed by atoms with van der Waals surface area (Å²) in [7, 11) is 0. The van der Waals surface area contributed by atoms with Crippen LogP contribution >= 0.6 is 0 Å². The van der Waals surface area contributed by atoms with E-state index in [0.717, 1.165) is 52.4 Å². The summed E-state index contributed by atoms with van der Waals surface area (Å²) in [5, 5.41) is 2.11. The molecule has 290 valence electrons. The number of carbonyl (C=O) groups is 1. The van der Waals surface area contributed by atoms with Crippen molar-refractivity contribution >= 4 is 39.2 Å². The normalized spacial score (nSPS) is 22.3. The number of rotatable bonds is 7. The lowest BCUT2D eigenvalue weighted by Gasteiger charge is -2.33. The van der Waals surface area contributed by atoms with Crippen molar-refractivity contribution < 1.29 is 23.2 Å². The first-order valence-electron chi connectivity index (χ1n) is 25.1. The fourth-order valence-electron chi connectivity index (χ4n) is 9.93. The molecular weight excluding hydrogens is 725 g/mol. The molecule has 3 aliphatic rings. The number of urea groups is 1. The van der Waals surface area contributed by atoms with Gasteiger partial charge in [0.1, 0.15) is 17.3 Å². The number of hydrogen-bond donors (Lipinski definition) is 0. The molecule has 8 aromatic rings. The highest BCUT2D eigenvalue weighted by Gasteiger charge is 2.60. The molecule has 3 fully saturated rings. The standard InChI is InChI=1S/C53H46N4O2/c1-53(2,3)38-28-29-54-48(31-38)56-46-23-11-10-20-44(46)45-27-26-41(33-47(45)56)59-40-19-12-18-39(32-40)55-49-36-24-25-37(30-36)50(49)57(52(55)58)51-42(34-14-6-4-7-15-34)21-13-22-43(51)35-16-8-5-9-17-35/h4-23,26-29,31-33,36-37,49-50H,24-25,30H2,1-3H3/i4D,5D,6D,7D,8D,9D,14D,15D,16D,17D. The molecule has 11 rings (SSSR count). The number of pyridine rings is 1. The predicted molar refractivity (Wildman–Crippen MR) is 240 cm³/mol. The van der Waals surface area contributed by atoms with Crippen LogP contribution in [-0.2, 0) is 5.41 Å². The maximum Gasteiger partial charge on any atom is 0.329 e. The second kappa shape index (κ2) is 13.7. The van der Waals surface area contributed by atoms with E-state index in [9.17, 15) is 0 Å². The van der Waals surface area contributed by atoms with Crippen LogP contribution in [0.2, 0.25) is 0 Å². The third-order valence-electron chi connectivity index (χ3n) is 12.5. The number of benzene rings is 6. The van der Waals surface area contributed by atoms with Crippen LogP contribution in [0.15, 0.2) is 164 Å². The Morgan fingerprint density at radius 2 is 1.31 bits per heavy atom. The first-order chi connectivity index (χ1) is 33.0. The van der Waals surface area contributed by atoms with E-state index >= 15 is 4.79 Å². The molecule has 59 heavy (non-hydrogen) atoms. The highest BCUT2D eigenvalue weighted by atomic mass is 16.5. The van der Waals surface area contributed by atoms with Crippen molar-refractivity contribution in [3.63, 3.8) is 0 Å². The van der Waals surface area contributed by atoms with E-state index in [1.165, 1.54) is 0 Å². The lowest BCUT2D eigenvalue weighted by molar-refractivity contribution is 0.253. The number of nitrogens with zero attached hydrogens (tertiary/aromatic N) is 4. The molecule has 2 amide bonds. The third-order valence-corrected chi connectivity index (χ3v) is 12.5. The summed E-state index contributed by atoms with van der Waals surface area (Å²) < 4.78 is 96.2. The Labute approximate surface area is 359 Å². The maximum atomic E-state index is 15.7. The number of fused-ring (bicyclic) bond motifs is 8. The molecule has 4 atom stereocenters. The zero-order valence-corrected chi connectivity index (χ0v) is 32.9. The Morgan fingerprint density at radius 1 is 0.661 bits per heavy atom. The summed E-state index contributed by atoms with van der Waals surface area (Å²) in [5.74, 6) is 1.95. The van der Waals surface area contributed by atoms with Crippen molar-refractivity contribution in [3.8, 4) is 39.6 Å². The van der Waals surface area contributed by atoms with Gasteiger partial charge in [0.15, 0.2) is 0 Å². The van der Waals surface area contributed by atoms with Gasteiger partial charge in [0.25, 0.3) is 0 Å². The topological polar surface area (TPSA) is 50.6 Å². The molecule has 6 nitrogen and oxygen atoms in total. The quantitative estimate of drug-likeness (QED) is 0.162. The van der Waals surface area contributed by atoms with E-state index < -0.39 is 72.5 Å². The molecule has 2 saturated carbocycles. The van der Waals surface area contributed by atoms with Crippen LogP contribution in [0.25, 0.3) is 49.9 Å². The lowest BCUT2D eigenvalue weighted by Crippen LogP contribution is -2.42. The third kappa shape index (κ3) is 5.84. The molecule has 6 heteroatoms. The van der Waals surface area contributed by atoms with Crippen LogP contribution in [0.3, 0.4) is 0 Å². The second-order valence-electron chi connectivity index (χ2n) is 16.8. The average molecular weight is 781 g/mol. The number of ether oxygens (including phenoxy) is 1. The molecule has 6 aromatic carbocycles. The van der Waals surface area contributed by atoms with E-state index in [2.05, 4.69) is 43.5 Å². The number of anilines is 2. The fraction of sp³-hybridized carbons (Fsp3) is 0.208. The van der Waals surface area contributed by atoms with E-state index in [1.807, 2.05) is 66.9 Å². The van der Waals surface area contributed by atoms with Crippen LogP contribution in [-0.4, -0.2) is 27.7 Å². The summed E-state index contributed by atoms with van der Waals surface area (Å²) >= 11 is 0. The smallest absolute Gasteiger partial charge is 0.329 e. The highest BCUT2D eigenvalue weighted by molar-refractivity contribution is 6.13. The van der Waals surface area contributed by atoms with Crippen LogP contribution in [0.4, 0.5) is 16.2 Å². The average Bonchev–Trinajstić information content (AvgIpc) is 4.11. The van der Waals surface area contributed by atoms with Gasteiger partial charge < -0.3 is 4.74 Å². The number of carbonyl (C=O) groups excluding carboxylic acids is 1. The second-order valence-corrected chi connectivity index (χ2v) is 16.8. The van der Waals surface area contributed by atoms with E-state index in [-0.39, 0.29) is 51.2 Å². The molecule has 4 unspecified atom stereocenters. The van der Waals surface area contributed by atoms with E-state index in [4.69, 9.17) is 23.4 Å². The molecule has 0 radical (unpaired) electrons. The van der Waals surface area contributed by atoms with Crippen molar-refractivity contribution in [3.05, 3.63) is 169 Å². The monoisotopic (exact) mass is 780 g/mol. The van der Waals surface area contributed by atoms with Gasteiger partial charge >= 0.3 is 6.03 Å². The van der Waals surface area contributed by atoms with Gasteiger partial charge in [-0.2, -0.15) is 0 Å². The van der Waals surface area contributed by atoms with Gasteiger partial charge in [0.05, 0.1) is 42.5 Å². The van der Waals surface area contributed by atoms with Crippen molar-refractivity contribution in [2.45, 2.75) is 57.5 Å². The minimum absolute atomic E-state index is 0.0198. The molecule has 0 N–H and O–H groups in total. The first-order valence-corrected chi connectivity index (χ1v) is 20.1. The van der Waals surface area contributed by atoms with Crippen molar-refractivity contribution in [1.29, 1.82) is 0 Å². The number of amides is 2. The predicted octanol–water partition coefficient (Wildman–Crippen LogP) is 13.2. The Kier molecular flexibility index (Phi) is 6.14. The Hall–Kier alpha value is -6.66. The molecule has 2 bridgehead atoms. The Morgan fingerprint density at radius 3 is 2.02 bits per heavy atom. The first kappa shape index (κ1) is 26.4. The lowest BCUT2D eigenvalue weighted by atomic mass is 9.88. The molecule has 2 aliphatic carbocycles. The number of para-hydroxylation sites is 2. The van der Waals surface area contributed by atoms with Crippen LogP contribution in [0, 0.1) is 11.8 Å². The molecule has 3 heterocycles. The molecular formula is C53H46N4O2. The summed E-state index contributed by atoms with van der Waals surface area (Å²) in [5.41, 5.74) is 3.53. The Bertz CT molecular complexity index is 3350. The molecule has 2 aromatic heterocycles. The van der Waals surface area contributed by atoms with Gasteiger partial charge in [-0.05, 0) is 95.7 Å². The van der Waals surface area contributed by atoms with Gasteiger partial charge in [-0.3, -0.25) is 14.4 Å². The van der Waals surface area contributed by atoms with Crippen molar-refractivity contribution in [2.24, 2.45) is 11.8 Å². The zero-order chi connectivity index (χ0) is 48.5. The summed E-state index contributed by atoms with van der Waals surface area (Å²) in [6.45, 7) is 6.52. The van der Waals surface area contributed by atoms with Gasteiger partial charge in [-0.1, -0.05) is 124 Å². The van der Waals surface area contributed by atoms with Crippen LogP contribution in [0.1, 0.15) is 59.3 Å². The minimum atomic E-state index is -0.582. The van der Waals surface area contributed by atoms with E-state index in [0.29, 0.717) is 17.2 Å². The summed E-state index contributed by atoms with van der Waals surface area (Å²) in [4.78, 5) is 23.9. The van der Waals surface area contributed by atoms with Gasteiger partial charge in [0, 0.05) is 45.9 Å². The van der Waals surface area contributed by atoms with Crippen LogP contribution in [0.5, 0.6) is 11.5 Å². The number of aromatic nitrogens is 2. The molecule has 1 aliphatic heterocycles. The van der Waals surface area contributed by atoms with Crippen LogP contribution < -0.4 is 14.5 Å². The zero-order valence-electron chi connectivity index (χ0n) is 42.9. The fourth-order valence-corrected chi connectivity index (χ4v) is 9.93. The maximum absolute atomic E-state index is 15.7. The summed E-state index contributed by atoms with van der Waals surface area (Å²) in [6.07, 6.45) is 4.35. The van der Waals surface area contributed by atoms with Crippen molar-refractivity contribution in [2.75, 3.05) is 9.80 Å². The minimum Gasteiger partial charge on any atom is -0.457 e. The van der Waals surface area contributed by atoms with Gasteiger partial charge in [-0.15, -0.1) is 0 Å². The van der Waals surface area contributed by atoms with Crippen molar-refractivity contribution in [1.82, 2.24) is 9.55 Å². The van der Waals surface area contributed by atoms with E-state index in [1.54, 1.807) is 28.0 Å². The van der Waals surface area contributed by atoms with Gasteiger partial charge in [0.2, 0.25) is 0 Å². The number of hydrogen-bond acceptors (Lipinski definition) is 3. The molecule has 1 saturated heterocycles. The summed E-state index contributed by atoms with van der Waals surface area (Å²) in [6, 6.07) is 23.7. The van der Waals surface area contributed by atoms with Gasteiger partial charge in [-0.25, -0.2) is 9.78 Å².